The molecule has 0 fully saturated rings. The van der Waals surface area contributed by atoms with Crippen molar-refractivity contribution in [2.24, 2.45) is 0 Å². The molecule has 0 saturated carbocycles. The number of pyridine rings is 1. The van der Waals surface area contributed by atoms with E-state index in [0.29, 0.717) is 20.6 Å². The summed E-state index contributed by atoms with van der Waals surface area (Å²) < 4.78 is 43.7. The fourth-order valence-electron chi connectivity index (χ4n) is 3.36. The van der Waals surface area contributed by atoms with E-state index < -0.39 is 23.3 Å². The minimum absolute atomic E-state index is 0.0963. The van der Waals surface area contributed by atoms with Crippen LogP contribution < -0.4 is 5.32 Å². The fraction of sp³-hybridized carbons (Fsp3) is 0.100. The number of carbonyl (C=O) groups is 1. The number of thiazole rings is 1. The predicted octanol–water partition coefficient (Wildman–Crippen LogP) is 4.69. The fourth-order valence-corrected chi connectivity index (χ4v) is 4.29. The van der Waals surface area contributed by atoms with Crippen LogP contribution in [0.1, 0.15) is 21.7 Å². The summed E-state index contributed by atoms with van der Waals surface area (Å²) in [6, 6.07) is 6.17. The van der Waals surface area contributed by atoms with E-state index in [0.717, 1.165) is 6.20 Å². The third kappa shape index (κ3) is 3.78. The minimum atomic E-state index is -4.87. The minimum Gasteiger partial charge on any atom is -0.320 e. The van der Waals surface area contributed by atoms with Gasteiger partial charge in [-0.25, -0.2) is 14.6 Å². The quantitative estimate of drug-likeness (QED) is 0.381. The Morgan fingerprint density at radius 3 is 2.68 bits per heavy atom. The van der Waals surface area contributed by atoms with E-state index in [4.69, 9.17) is 11.6 Å². The van der Waals surface area contributed by atoms with Gasteiger partial charge in [-0.2, -0.15) is 28.5 Å². The van der Waals surface area contributed by atoms with E-state index in [1.165, 1.54) is 46.2 Å². The highest BCUT2D eigenvalue weighted by atomic mass is 35.5. The summed E-state index contributed by atoms with van der Waals surface area (Å²) in [5, 5.41) is 14.3. The number of benzene rings is 1. The normalized spacial score (nSPS) is 11.8. The van der Waals surface area contributed by atoms with Crippen LogP contribution >= 0.6 is 22.9 Å². The number of rotatable bonds is 4. The van der Waals surface area contributed by atoms with Crippen molar-refractivity contribution in [2.75, 3.05) is 5.32 Å². The van der Waals surface area contributed by atoms with Gasteiger partial charge in [0.05, 0.1) is 56.5 Å². The van der Waals surface area contributed by atoms with Crippen LogP contribution in [0.3, 0.4) is 0 Å². The zero-order chi connectivity index (χ0) is 24.0. The van der Waals surface area contributed by atoms with Gasteiger partial charge in [-0.05, 0) is 25.1 Å². The van der Waals surface area contributed by atoms with Crippen LogP contribution in [-0.2, 0) is 6.18 Å². The van der Waals surface area contributed by atoms with Crippen LogP contribution in [0, 0.1) is 6.92 Å². The van der Waals surface area contributed by atoms with E-state index in [-0.39, 0.29) is 22.2 Å². The number of carbonyl (C=O) groups excluding carboxylic acids is 1. The maximum Gasteiger partial charge on any atom is 0.434 e. The summed E-state index contributed by atoms with van der Waals surface area (Å²) in [5.74, 6) is -0.808. The van der Waals surface area contributed by atoms with Crippen LogP contribution in [0.15, 0.2) is 48.4 Å². The molecular formula is C20H12ClF3N8OS. The average Bonchev–Trinajstić information content (AvgIpc) is 3.55. The number of alkyl halides is 3. The van der Waals surface area contributed by atoms with Crippen molar-refractivity contribution in [1.29, 1.82) is 0 Å². The Morgan fingerprint density at radius 2 is 1.94 bits per heavy atom. The van der Waals surface area contributed by atoms with Crippen molar-refractivity contribution in [3.8, 4) is 11.5 Å². The van der Waals surface area contributed by atoms with Gasteiger partial charge in [-0.3, -0.25) is 4.79 Å². The van der Waals surface area contributed by atoms with Gasteiger partial charge in [0, 0.05) is 0 Å². The highest BCUT2D eigenvalue weighted by Gasteiger charge is 2.41. The van der Waals surface area contributed by atoms with Gasteiger partial charge in [0.2, 0.25) is 0 Å². The molecule has 0 saturated heterocycles. The second-order valence-corrected chi connectivity index (χ2v) is 8.29. The molecule has 0 aliphatic rings. The molecule has 0 spiro atoms. The molecule has 172 valence electrons. The van der Waals surface area contributed by atoms with Crippen LogP contribution in [0.2, 0.25) is 5.02 Å². The lowest BCUT2D eigenvalue weighted by molar-refractivity contribution is -0.143. The molecule has 0 aliphatic heterocycles. The smallest absolute Gasteiger partial charge is 0.320 e. The Labute approximate surface area is 197 Å². The molecule has 9 nitrogen and oxygen atoms in total. The molecule has 1 aromatic carbocycles. The Balaban J connectivity index is 1.54. The zero-order valence-electron chi connectivity index (χ0n) is 17.1. The number of aryl methyl sites for hydroxylation is 1. The molecule has 0 atom stereocenters. The number of nitrogens with zero attached hydrogens (tertiary/aromatic N) is 7. The lowest BCUT2D eigenvalue weighted by atomic mass is 10.2. The SMILES string of the molecule is Cc1nc(-n2nccn2)c(Cl)cc1NC(=O)c1cnn(-c2cccc3scnc23)c1C(F)(F)F. The number of hydrogen-bond acceptors (Lipinski definition) is 7. The summed E-state index contributed by atoms with van der Waals surface area (Å²) >= 11 is 7.52. The topological polar surface area (TPSA) is 103 Å². The van der Waals surface area contributed by atoms with Crippen LogP contribution in [0.5, 0.6) is 0 Å². The van der Waals surface area contributed by atoms with Gasteiger partial charge in [0.15, 0.2) is 11.5 Å². The van der Waals surface area contributed by atoms with Crippen LogP contribution in [0.25, 0.3) is 21.7 Å². The second-order valence-electron chi connectivity index (χ2n) is 6.99. The van der Waals surface area contributed by atoms with Gasteiger partial charge in [0.25, 0.3) is 5.91 Å². The predicted molar refractivity (Wildman–Crippen MR) is 119 cm³/mol. The van der Waals surface area contributed by atoms with Gasteiger partial charge >= 0.3 is 6.18 Å². The van der Waals surface area contributed by atoms with Gasteiger partial charge in [-0.15, -0.1) is 16.1 Å². The molecule has 5 rings (SSSR count). The maximum absolute atomic E-state index is 14.1. The molecule has 1 N–H and O–H groups in total. The number of hydrogen-bond donors (Lipinski definition) is 1. The monoisotopic (exact) mass is 504 g/mol. The average molecular weight is 505 g/mol. The number of aromatic nitrogens is 7. The van der Waals surface area contributed by atoms with Crippen molar-refractivity contribution in [3.05, 3.63) is 70.3 Å². The largest absolute Gasteiger partial charge is 0.434 e. The van der Waals surface area contributed by atoms with Gasteiger partial charge in [-0.1, -0.05) is 17.7 Å². The van der Waals surface area contributed by atoms with Gasteiger partial charge in [0.1, 0.15) is 5.52 Å². The van der Waals surface area contributed by atoms with Gasteiger partial charge < -0.3 is 5.32 Å². The number of para-hydroxylation sites is 1. The van der Waals surface area contributed by atoms with Crippen molar-refractivity contribution in [3.63, 3.8) is 0 Å². The summed E-state index contributed by atoms with van der Waals surface area (Å²) in [4.78, 5) is 22.5. The number of nitrogens with one attached hydrogen (secondary N) is 1. The highest BCUT2D eigenvalue weighted by molar-refractivity contribution is 7.16. The zero-order valence-corrected chi connectivity index (χ0v) is 18.7. The Kier molecular flexibility index (Phi) is 5.29. The van der Waals surface area contributed by atoms with Crippen molar-refractivity contribution in [2.45, 2.75) is 13.1 Å². The van der Waals surface area contributed by atoms with E-state index in [2.05, 4.69) is 30.6 Å². The highest BCUT2D eigenvalue weighted by Crippen LogP contribution is 2.36. The summed E-state index contributed by atoms with van der Waals surface area (Å²) in [6.45, 7) is 1.57. The molecule has 0 aliphatic carbocycles. The third-order valence-corrected chi connectivity index (χ3v) is 5.93. The number of amides is 1. The van der Waals surface area contributed by atoms with E-state index in [1.54, 1.807) is 19.1 Å². The molecule has 5 aromatic rings. The molecule has 0 bridgehead atoms. The van der Waals surface area contributed by atoms with E-state index in [9.17, 15) is 18.0 Å². The number of anilines is 1. The molecule has 4 heterocycles. The summed E-state index contributed by atoms with van der Waals surface area (Å²) in [5.41, 5.74) is 0.546. The van der Waals surface area contributed by atoms with E-state index in [1.807, 2.05) is 0 Å². The Morgan fingerprint density at radius 1 is 1.18 bits per heavy atom. The Hall–Kier alpha value is -3.84. The van der Waals surface area contributed by atoms with Crippen LogP contribution in [-0.4, -0.2) is 40.6 Å². The molecule has 4 aromatic heterocycles. The first kappa shape index (κ1) is 22.0. The molecule has 34 heavy (non-hydrogen) atoms. The number of fused-ring (bicyclic) bond motifs is 1. The van der Waals surface area contributed by atoms with Crippen molar-refractivity contribution >= 4 is 44.7 Å². The number of halogens is 4. The van der Waals surface area contributed by atoms with Crippen molar-refractivity contribution in [1.82, 2.24) is 34.7 Å². The summed E-state index contributed by atoms with van der Waals surface area (Å²) in [6.07, 6.45) is -1.13. The lowest BCUT2D eigenvalue weighted by Gasteiger charge is -2.14. The summed E-state index contributed by atoms with van der Waals surface area (Å²) in [7, 11) is 0. The standard InChI is InChI=1S/C20H12ClF3N8OS/c1-10-13(7-12(21)18(29-10)32-26-5-6-27-32)30-19(33)11-8-28-31(17(11)20(22,23)24)14-3-2-4-15-16(14)25-9-34-15/h2-9H,1H3,(H,30,33). The Bertz CT molecular complexity index is 1530. The van der Waals surface area contributed by atoms with E-state index >= 15 is 0 Å². The first-order valence-corrected chi connectivity index (χ1v) is 10.8. The second kappa shape index (κ2) is 8.18. The first-order valence-electron chi connectivity index (χ1n) is 9.57. The molecular weight excluding hydrogens is 493 g/mol. The molecule has 0 radical (unpaired) electrons. The first-order chi connectivity index (χ1) is 16.2. The third-order valence-electron chi connectivity index (χ3n) is 4.85. The molecule has 14 heteroatoms. The lowest BCUT2D eigenvalue weighted by Crippen LogP contribution is -2.21. The van der Waals surface area contributed by atoms with Crippen molar-refractivity contribution < 1.29 is 18.0 Å². The van der Waals surface area contributed by atoms with Crippen LogP contribution in [0.4, 0.5) is 18.9 Å². The molecule has 0 unspecified atom stereocenters. The molecule has 1 amide bonds. The maximum atomic E-state index is 14.1.